The van der Waals surface area contributed by atoms with Crippen molar-refractivity contribution >= 4 is 0 Å². The van der Waals surface area contributed by atoms with Gasteiger partial charge in [0.2, 0.25) is 0 Å². The van der Waals surface area contributed by atoms with Crippen LogP contribution in [0.15, 0.2) is 24.5 Å². The van der Waals surface area contributed by atoms with Crippen LogP contribution in [-0.2, 0) is 0 Å². The Morgan fingerprint density at radius 1 is 1.55 bits per heavy atom. The van der Waals surface area contributed by atoms with Crippen LogP contribution in [0, 0.1) is 0 Å². The number of aliphatic hydroxyl groups is 1. The first-order valence-electron chi connectivity index (χ1n) is 3.56. The molecule has 0 aliphatic carbocycles. The highest BCUT2D eigenvalue weighted by atomic mass is 16.3. The van der Waals surface area contributed by atoms with Crippen molar-refractivity contribution in [2.75, 3.05) is 13.7 Å². The Balaban J connectivity index is 2.74. The summed E-state index contributed by atoms with van der Waals surface area (Å²) in [6, 6.07) is 3.80. The van der Waals surface area contributed by atoms with Gasteiger partial charge in [-0.25, -0.2) is 0 Å². The lowest BCUT2D eigenvalue weighted by molar-refractivity contribution is 0.251. The van der Waals surface area contributed by atoms with Gasteiger partial charge in [0, 0.05) is 12.4 Å². The first-order chi connectivity index (χ1) is 5.38. The summed E-state index contributed by atoms with van der Waals surface area (Å²) in [4.78, 5) is 3.89. The van der Waals surface area contributed by atoms with Crippen LogP contribution in [0.5, 0.6) is 0 Å². The second-order valence-electron chi connectivity index (χ2n) is 2.30. The molecule has 1 aromatic heterocycles. The molecule has 0 aliphatic rings. The van der Waals surface area contributed by atoms with Gasteiger partial charge in [-0.3, -0.25) is 4.98 Å². The summed E-state index contributed by atoms with van der Waals surface area (Å²) in [5, 5.41) is 11.9. The number of nitrogens with one attached hydrogen (secondary N) is 1. The molecule has 0 radical (unpaired) electrons. The van der Waals surface area contributed by atoms with Gasteiger partial charge in [-0.05, 0) is 24.7 Å². The molecule has 3 heteroatoms. The Morgan fingerprint density at radius 2 is 2.18 bits per heavy atom. The van der Waals surface area contributed by atoms with Crippen molar-refractivity contribution in [1.82, 2.24) is 10.3 Å². The van der Waals surface area contributed by atoms with Gasteiger partial charge in [-0.1, -0.05) is 0 Å². The SMILES string of the molecule is CN[C@@H](CO)c1ccncc1. The second kappa shape index (κ2) is 4.05. The van der Waals surface area contributed by atoms with E-state index in [1.54, 1.807) is 12.4 Å². The van der Waals surface area contributed by atoms with Crippen molar-refractivity contribution in [2.45, 2.75) is 6.04 Å². The number of hydrogen-bond acceptors (Lipinski definition) is 3. The maximum Gasteiger partial charge on any atom is 0.0626 e. The minimum Gasteiger partial charge on any atom is -0.394 e. The highest BCUT2D eigenvalue weighted by molar-refractivity contribution is 5.14. The standard InChI is InChI=1S/C8H12N2O/c1-9-8(6-11)7-2-4-10-5-3-7/h2-5,8-9,11H,6H2,1H3/t8-/m0/s1. The van der Waals surface area contributed by atoms with Gasteiger partial charge in [-0.2, -0.15) is 0 Å². The molecule has 3 nitrogen and oxygen atoms in total. The second-order valence-corrected chi connectivity index (χ2v) is 2.30. The number of nitrogens with zero attached hydrogens (tertiary/aromatic N) is 1. The third-order valence-electron chi connectivity index (χ3n) is 1.64. The van der Waals surface area contributed by atoms with E-state index in [1.807, 2.05) is 19.2 Å². The van der Waals surface area contributed by atoms with E-state index < -0.39 is 0 Å². The van der Waals surface area contributed by atoms with E-state index in [0.29, 0.717) is 0 Å². The molecule has 0 fully saturated rings. The van der Waals surface area contributed by atoms with Crippen molar-refractivity contribution in [2.24, 2.45) is 0 Å². The van der Waals surface area contributed by atoms with Crippen LogP contribution < -0.4 is 5.32 Å². The lowest BCUT2D eigenvalue weighted by Crippen LogP contribution is -2.19. The van der Waals surface area contributed by atoms with E-state index in [4.69, 9.17) is 5.11 Å². The molecule has 0 unspecified atom stereocenters. The Morgan fingerprint density at radius 3 is 2.64 bits per heavy atom. The van der Waals surface area contributed by atoms with E-state index in [-0.39, 0.29) is 12.6 Å². The van der Waals surface area contributed by atoms with Crippen molar-refractivity contribution in [3.63, 3.8) is 0 Å². The average molecular weight is 152 g/mol. The average Bonchev–Trinajstić information content (AvgIpc) is 2.09. The lowest BCUT2D eigenvalue weighted by atomic mass is 10.1. The molecule has 11 heavy (non-hydrogen) atoms. The summed E-state index contributed by atoms with van der Waals surface area (Å²) in [6.07, 6.45) is 3.44. The van der Waals surface area contributed by atoms with Crippen LogP contribution in [0.4, 0.5) is 0 Å². The molecule has 0 saturated heterocycles. The molecule has 0 aromatic carbocycles. The maximum atomic E-state index is 8.90. The lowest BCUT2D eigenvalue weighted by Gasteiger charge is -2.11. The Kier molecular flexibility index (Phi) is 3.01. The molecule has 1 aromatic rings. The van der Waals surface area contributed by atoms with Gasteiger partial charge in [0.25, 0.3) is 0 Å². The highest BCUT2D eigenvalue weighted by Gasteiger charge is 2.04. The third-order valence-corrected chi connectivity index (χ3v) is 1.64. The number of likely N-dealkylation sites (N-methyl/N-ethyl adjacent to an activating group) is 1. The molecule has 1 atom stereocenters. The topological polar surface area (TPSA) is 45.1 Å². The summed E-state index contributed by atoms with van der Waals surface area (Å²) in [6.45, 7) is 0.112. The molecule has 0 bridgehead atoms. The monoisotopic (exact) mass is 152 g/mol. The van der Waals surface area contributed by atoms with Gasteiger partial charge in [0.1, 0.15) is 0 Å². The zero-order valence-electron chi connectivity index (χ0n) is 6.49. The maximum absolute atomic E-state index is 8.90. The summed E-state index contributed by atoms with van der Waals surface area (Å²) >= 11 is 0. The molecule has 2 N–H and O–H groups in total. The fraction of sp³-hybridized carbons (Fsp3) is 0.375. The normalized spacial score (nSPS) is 12.9. The molecule has 1 rings (SSSR count). The summed E-state index contributed by atoms with van der Waals surface area (Å²) < 4.78 is 0. The number of hydrogen-bond donors (Lipinski definition) is 2. The van der Waals surface area contributed by atoms with Crippen LogP contribution in [-0.4, -0.2) is 23.7 Å². The molecule has 60 valence electrons. The van der Waals surface area contributed by atoms with Gasteiger partial charge >= 0.3 is 0 Å². The van der Waals surface area contributed by atoms with Gasteiger partial charge in [-0.15, -0.1) is 0 Å². The van der Waals surface area contributed by atoms with E-state index in [0.717, 1.165) is 5.56 Å². The van der Waals surface area contributed by atoms with Crippen molar-refractivity contribution in [3.05, 3.63) is 30.1 Å². The predicted octanol–water partition coefficient (Wildman–Crippen LogP) is 0.334. The highest BCUT2D eigenvalue weighted by Crippen LogP contribution is 2.08. The van der Waals surface area contributed by atoms with Gasteiger partial charge in [0.15, 0.2) is 0 Å². The quantitative estimate of drug-likeness (QED) is 0.656. The molecule has 0 aliphatic heterocycles. The fourth-order valence-corrected chi connectivity index (χ4v) is 0.959. The number of pyridine rings is 1. The summed E-state index contributed by atoms with van der Waals surface area (Å²) in [5.41, 5.74) is 1.06. The van der Waals surface area contributed by atoms with E-state index in [2.05, 4.69) is 10.3 Å². The van der Waals surface area contributed by atoms with E-state index >= 15 is 0 Å². The van der Waals surface area contributed by atoms with Crippen LogP contribution in [0.1, 0.15) is 11.6 Å². The van der Waals surface area contributed by atoms with Crippen LogP contribution >= 0.6 is 0 Å². The van der Waals surface area contributed by atoms with Gasteiger partial charge < -0.3 is 10.4 Å². The van der Waals surface area contributed by atoms with Gasteiger partial charge in [0.05, 0.1) is 12.6 Å². The number of aliphatic hydroxyl groups excluding tert-OH is 1. The zero-order chi connectivity index (χ0) is 8.10. The van der Waals surface area contributed by atoms with Crippen molar-refractivity contribution in [1.29, 1.82) is 0 Å². The Labute approximate surface area is 66.1 Å². The van der Waals surface area contributed by atoms with Crippen molar-refractivity contribution < 1.29 is 5.11 Å². The van der Waals surface area contributed by atoms with E-state index in [9.17, 15) is 0 Å². The van der Waals surface area contributed by atoms with Crippen LogP contribution in [0.3, 0.4) is 0 Å². The molecule has 0 saturated carbocycles. The Hall–Kier alpha value is -0.930. The molecule has 0 amide bonds. The third kappa shape index (κ3) is 2.00. The number of rotatable bonds is 3. The summed E-state index contributed by atoms with van der Waals surface area (Å²) in [7, 11) is 1.82. The predicted molar refractivity (Wildman–Crippen MR) is 43.1 cm³/mol. The fourth-order valence-electron chi connectivity index (χ4n) is 0.959. The zero-order valence-corrected chi connectivity index (χ0v) is 6.49. The molecule has 0 spiro atoms. The molecular weight excluding hydrogens is 140 g/mol. The number of aromatic nitrogens is 1. The smallest absolute Gasteiger partial charge is 0.0626 e. The van der Waals surface area contributed by atoms with Crippen LogP contribution in [0.2, 0.25) is 0 Å². The minimum absolute atomic E-state index is 0.0259. The molecule has 1 heterocycles. The molecular formula is C8H12N2O. The first kappa shape index (κ1) is 8.17. The first-order valence-corrected chi connectivity index (χ1v) is 3.56. The van der Waals surface area contributed by atoms with Crippen molar-refractivity contribution in [3.8, 4) is 0 Å². The van der Waals surface area contributed by atoms with E-state index in [1.165, 1.54) is 0 Å². The summed E-state index contributed by atoms with van der Waals surface area (Å²) in [5.74, 6) is 0. The van der Waals surface area contributed by atoms with Crippen LogP contribution in [0.25, 0.3) is 0 Å². The Bertz CT molecular complexity index is 197. The minimum atomic E-state index is 0.0259. The largest absolute Gasteiger partial charge is 0.394 e.